The molecule has 0 radical (unpaired) electrons. The van der Waals surface area contributed by atoms with Crippen molar-refractivity contribution in [2.24, 2.45) is 5.92 Å². The Kier molecular flexibility index (Phi) is 3.48. The van der Waals surface area contributed by atoms with E-state index in [1.165, 1.54) is 0 Å². The van der Waals surface area contributed by atoms with Gasteiger partial charge in [0.1, 0.15) is 6.04 Å². The summed E-state index contributed by atoms with van der Waals surface area (Å²) in [5.74, 6) is -0.611. The van der Waals surface area contributed by atoms with E-state index in [9.17, 15) is 4.79 Å². The molecule has 1 rings (SSSR count). The van der Waals surface area contributed by atoms with Crippen LogP contribution in [0.15, 0.2) is 12.2 Å². The molecule has 3 nitrogen and oxygen atoms in total. The Balaban J connectivity index is 2.42. The van der Waals surface area contributed by atoms with Crippen molar-refractivity contribution in [3.63, 3.8) is 0 Å². The van der Waals surface area contributed by atoms with E-state index < -0.39 is 12.0 Å². The number of hydrogen-bond donors (Lipinski definition) is 2. The molecule has 0 spiro atoms. The zero-order valence-electron chi connectivity index (χ0n) is 8.16. The van der Waals surface area contributed by atoms with Crippen LogP contribution in [0.25, 0.3) is 0 Å². The normalized spacial score (nSPS) is 19.6. The number of aliphatic carboxylic acids is 1. The highest BCUT2D eigenvalue weighted by atomic mass is 16.4. The molecule has 0 amide bonds. The molecule has 0 aromatic rings. The Morgan fingerprint density at radius 2 is 2.00 bits per heavy atom. The van der Waals surface area contributed by atoms with Crippen molar-refractivity contribution < 1.29 is 9.90 Å². The van der Waals surface area contributed by atoms with Crippen molar-refractivity contribution in [2.45, 2.75) is 38.8 Å². The van der Waals surface area contributed by atoms with Crippen LogP contribution in [0.3, 0.4) is 0 Å². The molecule has 0 aromatic heterocycles. The van der Waals surface area contributed by atoms with Gasteiger partial charge in [0.2, 0.25) is 0 Å². The van der Waals surface area contributed by atoms with Crippen molar-refractivity contribution >= 4 is 5.97 Å². The summed E-state index contributed by atoms with van der Waals surface area (Å²) >= 11 is 0. The summed E-state index contributed by atoms with van der Waals surface area (Å²) in [5.41, 5.74) is 0. The molecule has 3 heteroatoms. The van der Waals surface area contributed by atoms with E-state index in [0.717, 1.165) is 12.8 Å². The smallest absolute Gasteiger partial charge is 0.320 e. The molecule has 13 heavy (non-hydrogen) atoms. The molecule has 1 aliphatic carbocycles. The molecule has 1 unspecified atom stereocenters. The van der Waals surface area contributed by atoms with Gasteiger partial charge in [0.25, 0.3) is 0 Å². The third-order valence-corrected chi connectivity index (χ3v) is 2.36. The van der Waals surface area contributed by atoms with E-state index in [2.05, 4.69) is 17.5 Å². The van der Waals surface area contributed by atoms with Crippen LogP contribution < -0.4 is 5.32 Å². The molecule has 0 aliphatic heterocycles. The van der Waals surface area contributed by atoms with E-state index in [1.807, 2.05) is 13.8 Å². The van der Waals surface area contributed by atoms with Gasteiger partial charge >= 0.3 is 5.97 Å². The van der Waals surface area contributed by atoms with Gasteiger partial charge in [-0.1, -0.05) is 26.0 Å². The predicted octanol–water partition coefficient (Wildman–Crippen LogP) is 1.40. The number of hydrogen-bond acceptors (Lipinski definition) is 2. The lowest BCUT2D eigenvalue weighted by atomic mass is 10.0. The Hall–Kier alpha value is -0.830. The molecule has 0 saturated heterocycles. The summed E-state index contributed by atoms with van der Waals surface area (Å²) in [4.78, 5) is 10.8. The van der Waals surface area contributed by atoms with E-state index >= 15 is 0 Å². The molecule has 0 heterocycles. The summed E-state index contributed by atoms with van der Waals surface area (Å²) in [7, 11) is 0. The van der Waals surface area contributed by atoms with Crippen molar-refractivity contribution in [3.05, 3.63) is 12.2 Å². The van der Waals surface area contributed by atoms with Gasteiger partial charge in [-0.3, -0.25) is 4.79 Å². The summed E-state index contributed by atoms with van der Waals surface area (Å²) in [6.07, 6.45) is 6.10. The SMILES string of the molecule is CC(C)C(NC1CC=CC1)C(=O)O. The fourth-order valence-electron chi connectivity index (χ4n) is 1.56. The molecule has 1 atom stereocenters. The van der Waals surface area contributed by atoms with Crippen molar-refractivity contribution in [1.82, 2.24) is 5.32 Å². The van der Waals surface area contributed by atoms with E-state index in [1.54, 1.807) is 0 Å². The lowest BCUT2D eigenvalue weighted by molar-refractivity contribution is -0.140. The number of carbonyl (C=O) groups is 1. The molecule has 0 aromatic carbocycles. The van der Waals surface area contributed by atoms with Gasteiger partial charge in [0, 0.05) is 6.04 Å². The average molecular weight is 183 g/mol. The first-order valence-corrected chi connectivity index (χ1v) is 4.75. The standard InChI is InChI=1S/C10H17NO2/c1-7(2)9(10(12)13)11-8-5-3-4-6-8/h3-4,7-9,11H,5-6H2,1-2H3,(H,12,13). The minimum Gasteiger partial charge on any atom is -0.480 e. The van der Waals surface area contributed by atoms with Crippen molar-refractivity contribution in [2.75, 3.05) is 0 Å². The zero-order chi connectivity index (χ0) is 9.84. The van der Waals surface area contributed by atoms with Crippen molar-refractivity contribution in [3.8, 4) is 0 Å². The third kappa shape index (κ3) is 2.84. The Morgan fingerprint density at radius 1 is 1.46 bits per heavy atom. The highest BCUT2D eigenvalue weighted by Crippen LogP contribution is 2.12. The topological polar surface area (TPSA) is 49.3 Å². The Morgan fingerprint density at radius 3 is 2.38 bits per heavy atom. The van der Waals surface area contributed by atoms with Crippen LogP contribution in [0.1, 0.15) is 26.7 Å². The summed E-state index contributed by atoms with van der Waals surface area (Å²) < 4.78 is 0. The first-order chi connectivity index (χ1) is 6.11. The van der Waals surface area contributed by atoms with Gasteiger partial charge in [-0.2, -0.15) is 0 Å². The Labute approximate surface area is 78.8 Å². The van der Waals surface area contributed by atoms with Crippen LogP contribution in [-0.2, 0) is 4.79 Å². The Bertz CT molecular complexity index is 203. The number of carboxylic acid groups (broad SMARTS) is 1. The van der Waals surface area contributed by atoms with E-state index in [0.29, 0.717) is 6.04 Å². The largest absolute Gasteiger partial charge is 0.480 e. The zero-order valence-corrected chi connectivity index (χ0v) is 8.16. The number of nitrogens with one attached hydrogen (secondary N) is 1. The molecule has 2 N–H and O–H groups in total. The molecule has 0 bridgehead atoms. The molecule has 74 valence electrons. The second-order valence-corrected chi connectivity index (χ2v) is 3.87. The second kappa shape index (κ2) is 4.42. The summed E-state index contributed by atoms with van der Waals surface area (Å²) in [6.45, 7) is 3.85. The second-order valence-electron chi connectivity index (χ2n) is 3.87. The monoisotopic (exact) mass is 183 g/mol. The van der Waals surface area contributed by atoms with Gasteiger partial charge in [0.15, 0.2) is 0 Å². The maximum atomic E-state index is 10.8. The summed E-state index contributed by atoms with van der Waals surface area (Å²) in [6, 6.07) is -0.0894. The van der Waals surface area contributed by atoms with E-state index in [-0.39, 0.29) is 5.92 Å². The van der Waals surface area contributed by atoms with Crippen LogP contribution >= 0.6 is 0 Å². The van der Waals surface area contributed by atoms with Crippen LogP contribution in [0.4, 0.5) is 0 Å². The number of rotatable bonds is 4. The molecular formula is C10H17NO2. The highest BCUT2D eigenvalue weighted by Gasteiger charge is 2.24. The third-order valence-electron chi connectivity index (χ3n) is 2.36. The van der Waals surface area contributed by atoms with Crippen LogP contribution in [0.5, 0.6) is 0 Å². The highest BCUT2D eigenvalue weighted by molar-refractivity contribution is 5.73. The van der Waals surface area contributed by atoms with Crippen LogP contribution in [0, 0.1) is 5.92 Å². The van der Waals surface area contributed by atoms with Gasteiger partial charge < -0.3 is 10.4 Å². The van der Waals surface area contributed by atoms with Gasteiger partial charge in [-0.15, -0.1) is 0 Å². The lowest BCUT2D eigenvalue weighted by Gasteiger charge is -2.22. The van der Waals surface area contributed by atoms with E-state index in [4.69, 9.17) is 5.11 Å². The maximum absolute atomic E-state index is 10.8. The molecule has 0 saturated carbocycles. The van der Waals surface area contributed by atoms with Gasteiger partial charge in [-0.05, 0) is 18.8 Å². The van der Waals surface area contributed by atoms with Crippen molar-refractivity contribution in [1.29, 1.82) is 0 Å². The molecular weight excluding hydrogens is 166 g/mol. The summed E-state index contributed by atoms with van der Waals surface area (Å²) in [5, 5.41) is 12.1. The minimum absolute atomic E-state index is 0.137. The quantitative estimate of drug-likeness (QED) is 0.648. The van der Waals surface area contributed by atoms with Gasteiger partial charge in [-0.25, -0.2) is 0 Å². The van der Waals surface area contributed by atoms with Gasteiger partial charge in [0.05, 0.1) is 0 Å². The van der Waals surface area contributed by atoms with Crippen LogP contribution in [-0.4, -0.2) is 23.2 Å². The predicted molar refractivity (Wildman–Crippen MR) is 51.6 cm³/mol. The first-order valence-electron chi connectivity index (χ1n) is 4.75. The minimum atomic E-state index is -0.748. The maximum Gasteiger partial charge on any atom is 0.320 e. The molecule has 1 aliphatic rings. The first kappa shape index (κ1) is 10.3. The average Bonchev–Trinajstić information content (AvgIpc) is 2.50. The lowest BCUT2D eigenvalue weighted by Crippen LogP contribution is -2.45. The van der Waals surface area contributed by atoms with Crippen LogP contribution in [0.2, 0.25) is 0 Å². The number of carboxylic acids is 1. The molecule has 0 fully saturated rings. The fraction of sp³-hybridized carbons (Fsp3) is 0.700. The fourth-order valence-corrected chi connectivity index (χ4v) is 1.56.